The van der Waals surface area contributed by atoms with E-state index in [0.29, 0.717) is 19.1 Å². The first-order valence-electron chi connectivity index (χ1n) is 10.9. The maximum atomic E-state index is 11.9. The quantitative estimate of drug-likeness (QED) is 0.199. The number of nitrogens with zero attached hydrogens (tertiary/aromatic N) is 2. The Morgan fingerprint density at radius 2 is 2.03 bits per heavy atom. The van der Waals surface area contributed by atoms with Gasteiger partial charge in [0, 0.05) is 44.7 Å². The van der Waals surface area contributed by atoms with Crippen LogP contribution >= 0.6 is 24.0 Å². The Kier molecular flexibility index (Phi) is 10.5. The summed E-state index contributed by atoms with van der Waals surface area (Å²) in [6.45, 7) is 6.21. The van der Waals surface area contributed by atoms with E-state index in [1.807, 2.05) is 18.2 Å². The number of halogens is 1. The van der Waals surface area contributed by atoms with Gasteiger partial charge in [-0.2, -0.15) is 0 Å². The fraction of sp³-hybridized carbons (Fsp3) is 0.636. The molecule has 1 unspecified atom stereocenters. The van der Waals surface area contributed by atoms with E-state index >= 15 is 0 Å². The zero-order chi connectivity index (χ0) is 20.5. The third-order valence-electron chi connectivity index (χ3n) is 5.68. The number of amides is 1. The Morgan fingerprint density at radius 3 is 2.73 bits per heavy atom. The lowest BCUT2D eigenvalue weighted by Crippen LogP contribution is -2.44. The summed E-state index contributed by atoms with van der Waals surface area (Å²) in [4.78, 5) is 18.9. The number of methoxy groups -OCH3 is 1. The number of rotatable bonds is 9. The first kappa shape index (κ1) is 24.6. The molecule has 1 atom stereocenters. The number of carbonyl (C=O) groups is 1. The van der Waals surface area contributed by atoms with Crippen molar-refractivity contribution in [2.45, 2.75) is 45.1 Å². The molecule has 7 nitrogen and oxygen atoms in total. The second kappa shape index (κ2) is 12.9. The number of hydrogen-bond donors (Lipinski definition) is 3. The van der Waals surface area contributed by atoms with E-state index in [1.165, 1.54) is 6.42 Å². The van der Waals surface area contributed by atoms with E-state index in [0.717, 1.165) is 62.7 Å². The number of guanidine groups is 1. The Labute approximate surface area is 197 Å². The lowest BCUT2D eigenvalue weighted by molar-refractivity contribution is -0.127. The summed E-state index contributed by atoms with van der Waals surface area (Å²) in [5.41, 5.74) is 1.14. The number of carbonyl (C=O) groups excluding carboxylic acids is 1. The molecular formula is C22H36IN5O2. The maximum Gasteiger partial charge on any atom is 0.223 e. The average Bonchev–Trinajstić information content (AvgIpc) is 3.14. The fourth-order valence-corrected chi connectivity index (χ4v) is 3.80. The molecule has 30 heavy (non-hydrogen) atoms. The van der Waals surface area contributed by atoms with Gasteiger partial charge in [0.05, 0.1) is 12.8 Å². The van der Waals surface area contributed by atoms with Gasteiger partial charge in [-0.3, -0.25) is 9.79 Å². The van der Waals surface area contributed by atoms with E-state index in [9.17, 15) is 4.79 Å². The maximum absolute atomic E-state index is 11.9. The molecule has 0 bridgehead atoms. The van der Waals surface area contributed by atoms with Crippen LogP contribution < -0.4 is 25.6 Å². The molecule has 1 amide bonds. The van der Waals surface area contributed by atoms with Crippen molar-refractivity contribution in [2.75, 3.05) is 44.7 Å². The molecule has 2 fully saturated rings. The van der Waals surface area contributed by atoms with Crippen molar-refractivity contribution in [3.63, 3.8) is 0 Å². The SMILES string of the molecule is CCNC(=NCCCNC(=O)C1CCC1)NC1CCN(c2ccccc2OC)C1.I. The molecule has 1 aliphatic heterocycles. The fourth-order valence-electron chi connectivity index (χ4n) is 3.80. The van der Waals surface area contributed by atoms with Gasteiger partial charge in [0.2, 0.25) is 5.91 Å². The lowest BCUT2D eigenvalue weighted by atomic mass is 9.85. The third kappa shape index (κ3) is 6.92. The molecule has 3 N–H and O–H groups in total. The minimum atomic E-state index is 0. The highest BCUT2D eigenvalue weighted by molar-refractivity contribution is 14.0. The molecule has 0 aromatic heterocycles. The molecule has 1 aliphatic carbocycles. The third-order valence-corrected chi connectivity index (χ3v) is 5.68. The summed E-state index contributed by atoms with van der Waals surface area (Å²) in [5, 5.41) is 9.92. The highest BCUT2D eigenvalue weighted by atomic mass is 127. The van der Waals surface area contributed by atoms with Crippen molar-refractivity contribution in [1.82, 2.24) is 16.0 Å². The molecule has 3 rings (SSSR count). The van der Waals surface area contributed by atoms with Gasteiger partial charge in [-0.25, -0.2) is 0 Å². The van der Waals surface area contributed by atoms with Crippen LogP contribution in [-0.2, 0) is 4.79 Å². The number of aliphatic imine (C=N–C) groups is 1. The first-order chi connectivity index (χ1) is 14.2. The van der Waals surface area contributed by atoms with Gasteiger partial charge in [-0.05, 0) is 44.7 Å². The molecule has 1 saturated carbocycles. The molecule has 0 radical (unpaired) electrons. The smallest absolute Gasteiger partial charge is 0.223 e. The number of hydrogen-bond acceptors (Lipinski definition) is 4. The normalized spacial score (nSPS) is 18.9. The van der Waals surface area contributed by atoms with Crippen molar-refractivity contribution in [3.05, 3.63) is 24.3 Å². The van der Waals surface area contributed by atoms with E-state index in [-0.39, 0.29) is 35.8 Å². The zero-order valence-corrected chi connectivity index (χ0v) is 20.5. The highest BCUT2D eigenvalue weighted by Gasteiger charge is 2.25. The van der Waals surface area contributed by atoms with Crippen LogP contribution in [0.4, 0.5) is 5.69 Å². The second-order valence-electron chi connectivity index (χ2n) is 7.78. The number of ether oxygens (including phenoxy) is 1. The van der Waals surface area contributed by atoms with Gasteiger partial charge < -0.3 is 25.6 Å². The molecular weight excluding hydrogens is 493 g/mol. The standard InChI is InChI=1S/C22H35N5O2.HI/c1-3-23-22(25-14-7-13-24-21(28)17-8-6-9-17)26-18-12-15-27(16-18)19-10-4-5-11-20(19)29-2;/h4-5,10-11,17-18H,3,6-9,12-16H2,1-2H3,(H,24,28)(H2,23,25,26);1H. The van der Waals surface area contributed by atoms with Crippen LogP contribution in [0.1, 0.15) is 39.0 Å². The Bertz CT molecular complexity index is 696. The van der Waals surface area contributed by atoms with Crippen LogP contribution in [-0.4, -0.2) is 57.7 Å². The van der Waals surface area contributed by atoms with Crippen LogP contribution in [0.5, 0.6) is 5.75 Å². The average molecular weight is 529 g/mol. The van der Waals surface area contributed by atoms with Gasteiger partial charge in [0.1, 0.15) is 5.75 Å². The van der Waals surface area contributed by atoms with E-state index < -0.39 is 0 Å². The van der Waals surface area contributed by atoms with Crippen molar-refractivity contribution < 1.29 is 9.53 Å². The topological polar surface area (TPSA) is 78.0 Å². The van der Waals surface area contributed by atoms with Crippen molar-refractivity contribution in [2.24, 2.45) is 10.9 Å². The molecule has 1 heterocycles. The van der Waals surface area contributed by atoms with Gasteiger partial charge in [-0.15, -0.1) is 24.0 Å². The summed E-state index contributed by atoms with van der Waals surface area (Å²) >= 11 is 0. The molecule has 1 aromatic rings. The van der Waals surface area contributed by atoms with Crippen molar-refractivity contribution in [1.29, 1.82) is 0 Å². The summed E-state index contributed by atoms with van der Waals surface area (Å²) in [7, 11) is 1.72. The summed E-state index contributed by atoms with van der Waals surface area (Å²) in [5.74, 6) is 2.24. The number of anilines is 1. The van der Waals surface area contributed by atoms with Crippen LogP contribution in [0.15, 0.2) is 29.3 Å². The van der Waals surface area contributed by atoms with Crippen LogP contribution in [0.25, 0.3) is 0 Å². The van der Waals surface area contributed by atoms with Gasteiger partial charge in [0.15, 0.2) is 5.96 Å². The number of benzene rings is 1. The summed E-state index contributed by atoms with van der Waals surface area (Å²) in [6.07, 6.45) is 5.19. The van der Waals surface area contributed by atoms with Gasteiger partial charge in [-0.1, -0.05) is 18.6 Å². The van der Waals surface area contributed by atoms with Crippen LogP contribution in [0, 0.1) is 5.92 Å². The van der Waals surface area contributed by atoms with E-state index in [4.69, 9.17) is 4.74 Å². The molecule has 0 spiro atoms. The number of nitrogens with one attached hydrogen (secondary N) is 3. The van der Waals surface area contributed by atoms with Crippen LogP contribution in [0.2, 0.25) is 0 Å². The van der Waals surface area contributed by atoms with Crippen LogP contribution in [0.3, 0.4) is 0 Å². The monoisotopic (exact) mass is 529 g/mol. The Morgan fingerprint density at radius 1 is 1.23 bits per heavy atom. The Hall–Kier alpha value is -1.71. The second-order valence-corrected chi connectivity index (χ2v) is 7.78. The highest BCUT2D eigenvalue weighted by Crippen LogP contribution is 2.30. The predicted octanol–water partition coefficient (Wildman–Crippen LogP) is 2.75. The summed E-state index contributed by atoms with van der Waals surface area (Å²) < 4.78 is 5.50. The molecule has 2 aliphatic rings. The molecule has 1 saturated heterocycles. The molecule has 1 aromatic carbocycles. The zero-order valence-electron chi connectivity index (χ0n) is 18.2. The predicted molar refractivity (Wildman–Crippen MR) is 133 cm³/mol. The summed E-state index contributed by atoms with van der Waals surface area (Å²) in [6, 6.07) is 8.51. The van der Waals surface area contributed by atoms with Gasteiger partial charge >= 0.3 is 0 Å². The minimum Gasteiger partial charge on any atom is -0.495 e. The first-order valence-corrected chi connectivity index (χ1v) is 10.9. The Balaban J connectivity index is 0.00000320. The van der Waals surface area contributed by atoms with Crippen molar-refractivity contribution in [3.8, 4) is 5.75 Å². The molecule has 8 heteroatoms. The molecule has 168 valence electrons. The minimum absolute atomic E-state index is 0. The van der Waals surface area contributed by atoms with Gasteiger partial charge in [0.25, 0.3) is 0 Å². The van der Waals surface area contributed by atoms with Crippen molar-refractivity contribution >= 4 is 41.5 Å². The lowest BCUT2D eigenvalue weighted by Gasteiger charge is -2.24. The van der Waals surface area contributed by atoms with E-state index in [1.54, 1.807) is 7.11 Å². The van der Waals surface area contributed by atoms with E-state index in [2.05, 4.69) is 38.8 Å². The largest absolute Gasteiger partial charge is 0.495 e. The number of para-hydroxylation sites is 2.